The first kappa shape index (κ1) is 13.9. The Labute approximate surface area is 108 Å². The lowest BCUT2D eigenvalue weighted by Crippen LogP contribution is -2.37. The molecule has 0 aliphatic carbocycles. The molecule has 1 aliphatic heterocycles. The van der Waals surface area contributed by atoms with E-state index in [9.17, 15) is 18.0 Å². The summed E-state index contributed by atoms with van der Waals surface area (Å²) in [5, 5.41) is 9.26. The van der Waals surface area contributed by atoms with Crippen LogP contribution in [0.1, 0.15) is 12.8 Å². The third kappa shape index (κ3) is 4.23. The number of piperidine rings is 1. The molecule has 2 rings (SSSR count). The van der Waals surface area contributed by atoms with Gasteiger partial charge in [-0.25, -0.2) is 0 Å². The minimum atomic E-state index is -4.32. The van der Waals surface area contributed by atoms with E-state index < -0.39 is 12.7 Å². The van der Waals surface area contributed by atoms with E-state index in [0.29, 0.717) is 12.2 Å². The Hall–Kier alpha value is -1.57. The van der Waals surface area contributed by atoms with Crippen LogP contribution in [-0.2, 0) is 11.3 Å². The zero-order valence-corrected chi connectivity index (χ0v) is 10.2. The van der Waals surface area contributed by atoms with Crippen LogP contribution in [0.25, 0.3) is 0 Å². The van der Waals surface area contributed by atoms with E-state index in [0.717, 1.165) is 24.1 Å². The van der Waals surface area contributed by atoms with E-state index in [1.807, 2.05) is 0 Å². The van der Waals surface area contributed by atoms with Gasteiger partial charge < -0.3 is 10.6 Å². The minimum absolute atomic E-state index is 0.139. The molecular weight excluding hydrogens is 261 g/mol. The number of nitrogens with zero attached hydrogens (tertiary/aromatic N) is 2. The molecule has 1 aromatic rings. The third-order valence-electron chi connectivity index (χ3n) is 2.91. The second kappa shape index (κ2) is 5.60. The van der Waals surface area contributed by atoms with Crippen molar-refractivity contribution in [2.24, 2.45) is 5.92 Å². The molecular formula is C11H15F3N4O. The van der Waals surface area contributed by atoms with E-state index in [-0.39, 0.29) is 11.8 Å². The molecule has 0 aromatic carbocycles. The first-order valence-corrected chi connectivity index (χ1v) is 6.05. The van der Waals surface area contributed by atoms with Gasteiger partial charge in [0.2, 0.25) is 5.91 Å². The first-order valence-electron chi connectivity index (χ1n) is 6.05. The lowest BCUT2D eigenvalue weighted by Gasteiger charge is -2.21. The molecule has 1 aliphatic rings. The quantitative estimate of drug-likeness (QED) is 0.877. The normalized spacial score (nSPS) is 20.3. The standard InChI is InChI=1S/C11H15F3N4O/c12-11(13,14)7-18-6-9(5-16-18)17-10(19)8-2-1-3-15-4-8/h5-6,8,15H,1-4,7H2,(H,17,19). The first-order chi connectivity index (χ1) is 8.94. The van der Waals surface area contributed by atoms with Gasteiger partial charge in [-0.1, -0.05) is 0 Å². The summed E-state index contributed by atoms with van der Waals surface area (Å²) in [4.78, 5) is 11.9. The van der Waals surface area contributed by atoms with Gasteiger partial charge in [0.1, 0.15) is 6.54 Å². The second-order valence-electron chi connectivity index (χ2n) is 4.57. The average Bonchev–Trinajstić information content (AvgIpc) is 2.75. The maximum absolute atomic E-state index is 12.1. The van der Waals surface area contributed by atoms with Crippen molar-refractivity contribution in [2.45, 2.75) is 25.6 Å². The molecule has 5 nitrogen and oxygen atoms in total. The molecule has 2 heterocycles. The Morgan fingerprint density at radius 3 is 3.00 bits per heavy atom. The number of halogens is 3. The molecule has 19 heavy (non-hydrogen) atoms. The SMILES string of the molecule is O=C(Nc1cnn(CC(F)(F)F)c1)C1CCCNC1. The van der Waals surface area contributed by atoms with Crippen LogP contribution in [0.3, 0.4) is 0 Å². The summed E-state index contributed by atoms with van der Waals surface area (Å²) in [5.41, 5.74) is 0.292. The fourth-order valence-electron chi connectivity index (χ4n) is 2.02. The summed E-state index contributed by atoms with van der Waals surface area (Å²) in [7, 11) is 0. The van der Waals surface area contributed by atoms with Crippen molar-refractivity contribution in [2.75, 3.05) is 18.4 Å². The Kier molecular flexibility index (Phi) is 4.08. The Morgan fingerprint density at radius 1 is 1.58 bits per heavy atom. The van der Waals surface area contributed by atoms with Crippen molar-refractivity contribution in [1.29, 1.82) is 0 Å². The maximum Gasteiger partial charge on any atom is 0.408 e. The maximum atomic E-state index is 12.1. The number of anilines is 1. The van der Waals surface area contributed by atoms with Gasteiger partial charge in [-0.3, -0.25) is 9.48 Å². The largest absolute Gasteiger partial charge is 0.408 e. The predicted molar refractivity (Wildman–Crippen MR) is 62.5 cm³/mol. The second-order valence-corrected chi connectivity index (χ2v) is 4.57. The number of hydrogen-bond donors (Lipinski definition) is 2. The molecule has 0 bridgehead atoms. The zero-order valence-electron chi connectivity index (χ0n) is 10.2. The monoisotopic (exact) mass is 276 g/mol. The highest BCUT2D eigenvalue weighted by atomic mass is 19.4. The number of carbonyl (C=O) groups excluding carboxylic acids is 1. The van der Waals surface area contributed by atoms with Crippen LogP contribution in [0, 0.1) is 5.92 Å². The van der Waals surface area contributed by atoms with Crippen LogP contribution in [0.15, 0.2) is 12.4 Å². The molecule has 1 amide bonds. The summed E-state index contributed by atoms with van der Waals surface area (Å²) >= 11 is 0. The van der Waals surface area contributed by atoms with Crippen LogP contribution in [0.2, 0.25) is 0 Å². The van der Waals surface area contributed by atoms with E-state index >= 15 is 0 Å². The fraction of sp³-hybridized carbons (Fsp3) is 0.636. The molecule has 1 atom stereocenters. The summed E-state index contributed by atoms with van der Waals surface area (Å²) in [5.74, 6) is -0.321. The van der Waals surface area contributed by atoms with Gasteiger partial charge in [-0.15, -0.1) is 0 Å². The summed E-state index contributed by atoms with van der Waals surface area (Å²) in [6, 6.07) is 0. The molecule has 1 unspecified atom stereocenters. The average molecular weight is 276 g/mol. The summed E-state index contributed by atoms with van der Waals surface area (Å²) in [6.07, 6.45) is -0.205. The van der Waals surface area contributed by atoms with Gasteiger partial charge in [0.15, 0.2) is 0 Å². The molecule has 106 valence electrons. The molecule has 2 N–H and O–H groups in total. The van der Waals surface area contributed by atoms with Crippen LogP contribution in [0.4, 0.5) is 18.9 Å². The predicted octanol–water partition coefficient (Wildman–Crippen LogP) is 1.38. The van der Waals surface area contributed by atoms with Crippen LogP contribution in [0.5, 0.6) is 0 Å². The number of aromatic nitrogens is 2. The summed E-state index contributed by atoms with van der Waals surface area (Å²) < 4.78 is 37.2. The third-order valence-corrected chi connectivity index (χ3v) is 2.91. The Morgan fingerprint density at radius 2 is 2.37 bits per heavy atom. The van der Waals surface area contributed by atoms with Crippen molar-refractivity contribution in [3.05, 3.63) is 12.4 Å². The smallest absolute Gasteiger partial charge is 0.323 e. The molecule has 0 radical (unpaired) electrons. The summed E-state index contributed by atoms with van der Waals surface area (Å²) in [6.45, 7) is 0.337. The number of alkyl halides is 3. The highest BCUT2D eigenvalue weighted by Gasteiger charge is 2.28. The molecule has 0 spiro atoms. The van der Waals surface area contributed by atoms with Gasteiger partial charge in [0.25, 0.3) is 0 Å². The van der Waals surface area contributed by atoms with E-state index in [1.165, 1.54) is 12.4 Å². The van der Waals surface area contributed by atoms with Gasteiger partial charge in [-0.05, 0) is 19.4 Å². The fourth-order valence-corrected chi connectivity index (χ4v) is 2.02. The molecule has 1 saturated heterocycles. The van der Waals surface area contributed by atoms with Crippen molar-refractivity contribution < 1.29 is 18.0 Å². The van der Waals surface area contributed by atoms with E-state index in [1.54, 1.807) is 0 Å². The van der Waals surface area contributed by atoms with Crippen molar-refractivity contribution in [3.63, 3.8) is 0 Å². The molecule has 1 fully saturated rings. The Bertz CT molecular complexity index is 437. The van der Waals surface area contributed by atoms with Crippen LogP contribution >= 0.6 is 0 Å². The van der Waals surface area contributed by atoms with Gasteiger partial charge in [-0.2, -0.15) is 18.3 Å². The van der Waals surface area contributed by atoms with Crippen molar-refractivity contribution in [3.8, 4) is 0 Å². The zero-order chi connectivity index (χ0) is 13.9. The van der Waals surface area contributed by atoms with Gasteiger partial charge in [0, 0.05) is 12.7 Å². The number of rotatable bonds is 3. The Balaban J connectivity index is 1.90. The number of carbonyl (C=O) groups is 1. The number of hydrogen-bond acceptors (Lipinski definition) is 3. The van der Waals surface area contributed by atoms with Crippen molar-refractivity contribution >= 4 is 11.6 Å². The number of amides is 1. The highest BCUT2D eigenvalue weighted by Crippen LogP contribution is 2.19. The minimum Gasteiger partial charge on any atom is -0.323 e. The molecule has 1 aromatic heterocycles. The van der Waals surface area contributed by atoms with E-state index in [4.69, 9.17) is 0 Å². The van der Waals surface area contributed by atoms with Crippen LogP contribution < -0.4 is 10.6 Å². The van der Waals surface area contributed by atoms with Gasteiger partial charge in [0.05, 0.1) is 17.8 Å². The molecule has 0 saturated carbocycles. The topological polar surface area (TPSA) is 59.0 Å². The van der Waals surface area contributed by atoms with Crippen molar-refractivity contribution in [1.82, 2.24) is 15.1 Å². The highest BCUT2D eigenvalue weighted by molar-refractivity contribution is 5.92. The lowest BCUT2D eigenvalue weighted by atomic mass is 9.99. The number of nitrogens with one attached hydrogen (secondary N) is 2. The van der Waals surface area contributed by atoms with Crippen LogP contribution in [-0.4, -0.2) is 35.0 Å². The molecule has 8 heteroatoms. The van der Waals surface area contributed by atoms with E-state index in [2.05, 4.69) is 15.7 Å². The lowest BCUT2D eigenvalue weighted by molar-refractivity contribution is -0.142. The van der Waals surface area contributed by atoms with Gasteiger partial charge >= 0.3 is 6.18 Å².